The standard InChI is InChI=1S/C12H11N5S2/c13-11-15-16-12(19-11)18-7-9-1-3-10(4-2-9)17-6-5-14-8-17/h1-6,8H,7H2,(H2,13,15). The quantitative estimate of drug-likeness (QED) is 0.748. The first kappa shape index (κ1) is 12.2. The van der Waals surface area contributed by atoms with Crippen molar-refractivity contribution in [2.75, 3.05) is 5.73 Å². The summed E-state index contributed by atoms with van der Waals surface area (Å²) < 4.78 is 2.87. The van der Waals surface area contributed by atoms with Gasteiger partial charge in [-0.3, -0.25) is 0 Å². The number of nitrogens with two attached hydrogens (primary N) is 1. The van der Waals surface area contributed by atoms with Gasteiger partial charge in [0.25, 0.3) is 0 Å². The highest BCUT2D eigenvalue weighted by Gasteiger charge is 2.03. The van der Waals surface area contributed by atoms with E-state index in [-0.39, 0.29) is 0 Å². The molecular formula is C12H11N5S2. The summed E-state index contributed by atoms with van der Waals surface area (Å²) in [5, 5.41) is 8.29. The molecule has 5 nitrogen and oxygen atoms in total. The minimum Gasteiger partial charge on any atom is -0.374 e. The lowest BCUT2D eigenvalue weighted by molar-refractivity contribution is 1.02. The average molecular weight is 289 g/mol. The van der Waals surface area contributed by atoms with Gasteiger partial charge in [-0.05, 0) is 17.7 Å². The van der Waals surface area contributed by atoms with Gasteiger partial charge in [0.05, 0.1) is 6.33 Å². The highest BCUT2D eigenvalue weighted by atomic mass is 32.2. The van der Waals surface area contributed by atoms with Crippen molar-refractivity contribution in [3.8, 4) is 5.69 Å². The molecule has 0 radical (unpaired) electrons. The molecule has 0 bridgehead atoms. The van der Waals surface area contributed by atoms with Crippen LogP contribution in [0.2, 0.25) is 0 Å². The molecule has 19 heavy (non-hydrogen) atoms. The van der Waals surface area contributed by atoms with Gasteiger partial charge in [-0.2, -0.15) is 0 Å². The van der Waals surface area contributed by atoms with E-state index in [9.17, 15) is 0 Å². The Morgan fingerprint density at radius 1 is 1.21 bits per heavy atom. The predicted octanol–water partition coefficient (Wildman–Crippen LogP) is 2.60. The maximum atomic E-state index is 5.54. The number of anilines is 1. The number of nitrogen functional groups attached to an aromatic ring is 1. The highest BCUT2D eigenvalue weighted by Crippen LogP contribution is 2.27. The van der Waals surface area contributed by atoms with Crippen LogP contribution < -0.4 is 5.73 Å². The zero-order chi connectivity index (χ0) is 13.1. The molecule has 0 aliphatic rings. The summed E-state index contributed by atoms with van der Waals surface area (Å²) in [4.78, 5) is 4.03. The van der Waals surface area contributed by atoms with E-state index < -0.39 is 0 Å². The molecule has 96 valence electrons. The SMILES string of the molecule is Nc1nnc(SCc2ccc(-n3ccnc3)cc2)s1. The van der Waals surface area contributed by atoms with Gasteiger partial charge in [-0.1, -0.05) is 35.2 Å². The third-order valence-corrected chi connectivity index (χ3v) is 4.48. The van der Waals surface area contributed by atoms with Crippen LogP contribution in [-0.4, -0.2) is 19.7 Å². The number of thioether (sulfide) groups is 1. The summed E-state index contributed by atoms with van der Waals surface area (Å²) >= 11 is 3.06. The summed E-state index contributed by atoms with van der Waals surface area (Å²) in [5.74, 6) is 0.860. The lowest BCUT2D eigenvalue weighted by atomic mass is 10.2. The van der Waals surface area contributed by atoms with Crippen molar-refractivity contribution in [3.05, 3.63) is 48.5 Å². The molecule has 0 saturated heterocycles. The average Bonchev–Trinajstić information content (AvgIpc) is 3.08. The van der Waals surface area contributed by atoms with Gasteiger partial charge >= 0.3 is 0 Å². The van der Waals surface area contributed by atoms with Crippen LogP contribution in [0.25, 0.3) is 5.69 Å². The van der Waals surface area contributed by atoms with Crippen LogP contribution in [0, 0.1) is 0 Å². The highest BCUT2D eigenvalue weighted by molar-refractivity contribution is 8.00. The molecule has 3 rings (SSSR count). The maximum Gasteiger partial charge on any atom is 0.203 e. The fourth-order valence-electron chi connectivity index (χ4n) is 1.60. The largest absolute Gasteiger partial charge is 0.374 e. The second kappa shape index (κ2) is 5.41. The Labute approximate surface area is 118 Å². The lowest BCUT2D eigenvalue weighted by Gasteiger charge is -2.03. The smallest absolute Gasteiger partial charge is 0.203 e. The van der Waals surface area contributed by atoms with Gasteiger partial charge in [-0.25, -0.2) is 4.98 Å². The van der Waals surface area contributed by atoms with E-state index in [4.69, 9.17) is 5.73 Å². The Morgan fingerprint density at radius 3 is 2.68 bits per heavy atom. The lowest BCUT2D eigenvalue weighted by Crippen LogP contribution is -1.90. The minimum atomic E-state index is 0.512. The van der Waals surface area contributed by atoms with Gasteiger partial charge in [0, 0.05) is 23.8 Å². The molecule has 7 heteroatoms. The third kappa shape index (κ3) is 2.94. The van der Waals surface area contributed by atoms with Crippen molar-refractivity contribution in [3.63, 3.8) is 0 Å². The van der Waals surface area contributed by atoms with Crippen LogP contribution in [0.4, 0.5) is 5.13 Å². The number of nitrogens with zero attached hydrogens (tertiary/aromatic N) is 4. The van der Waals surface area contributed by atoms with E-state index in [0.29, 0.717) is 5.13 Å². The van der Waals surface area contributed by atoms with Crippen molar-refractivity contribution < 1.29 is 0 Å². The van der Waals surface area contributed by atoms with Crippen molar-refractivity contribution in [2.45, 2.75) is 10.1 Å². The summed E-state index contributed by atoms with van der Waals surface area (Å²) in [6.45, 7) is 0. The number of hydrogen-bond acceptors (Lipinski definition) is 6. The van der Waals surface area contributed by atoms with Gasteiger partial charge in [0.2, 0.25) is 5.13 Å². The molecule has 0 fully saturated rings. The molecule has 0 amide bonds. The number of hydrogen-bond donors (Lipinski definition) is 1. The molecule has 0 aliphatic carbocycles. The number of imidazole rings is 1. The maximum absolute atomic E-state index is 5.54. The van der Waals surface area contributed by atoms with Crippen molar-refractivity contribution in [2.24, 2.45) is 0 Å². The van der Waals surface area contributed by atoms with Crippen LogP contribution in [0.1, 0.15) is 5.56 Å². The van der Waals surface area contributed by atoms with Gasteiger partial charge in [0.15, 0.2) is 4.34 Å². The monoisotopic (exact) mass is 289 g/mol. The predicted molar refractivity (Wildman–Crippen MR) is 77.4 cm³/mol. The number of rotatable bonds is 4. The van der Waals surface area contributed by atoms with Crippen molar-refractivity contribution >= 4 is 28.2 Å². The molecule has 0 unspecified atom stereocenters. The number of benzene rings is 1. The zero-order valence-corrected chi connectivity index (χ0v) is 11.6. The molecule has 2 aromatic heterocycles. The minimum absolute atomic E-state index is 0.512. The summed E-state index contributed by atoms with van der Waals surface area (Å²) in [6, 6.07) is 8.36. The van der Waals surface area contributed by atoms with Gasteiger partial charge in [0.1, 0.15) is 0 Å². The summed E-state index contributed by atoms with van der Waals surface area (Å²) in [5.41, 5.74) is 7.89. The van der Waals surface area contributed by atoms with E-state index in [1.807, 2.05) is 10.8 Å². The normalized spacial score (nSPS) is 10.7. The Balaban J connectivity index is 1.66. The van der Waals surface area contributed by atoms with Crippen LogP contribution in [0.15, 0.2) is 47.3 Å². The molecule has 2 N–H and O–H groups in total. The topological polar surface area (TPSA) is 69.6 Å². The van der Waals surface area contributed by atoms with Crippen LogP contribution in [0.5, 0.6) is 0 Å². The molecule has 0 spiro atoms. The van der Waals surface area contributed by atoms with Gasteiger partial charge in [-0.15, -0.1) is 10.2 Å². The van der Waals surface area contributed by atoms with Gasteiger partial charge < -0.3 is 10.3 Å². The second-order valence-corrected chi connectivity index (χ2v) is 6.06. The molecule has 0 saturated carbocycles. The van der Waals surface area contributed by atoms with Crippen LogP contribution in [-0.2, 0) is 5.75 Å². The van der Waals surface area contributed by atoms with E-state index in [1.165, 1.54) is 16.9 Å². The Morgan fingerprint density at radius 2 is 2.05 bits per heavy atom. The fourth-order valence-corrected chi connectivity index (χ4v) is 3.19. The van der Waals surface area contributed by atoms with E-state index in [1.54, 1.807) is 24.3 Å². The number of aromatic nitrogens is 4. The van der Waals surface area contributed by atoms with E-state index in [2.05, 4.69) is 39.4 Å². The molecule has 0 atom stereocenters. The van der Waals surface area contributed by atoms with Crippen molar-refractivity contribution in [1.82, 2.24) is 19.7 Å². The first-order valence-electron chi connectivity index (χ1n) is 5.60. The van der Waals surface area contributed by atoms with Crippen LogP contribution in [0.3, 0.4) is 0 Å². The Hall–Kier alpha value is -1.86. The Bertz CT molecular complexity index is 645. The fraction of sp³-hybridized carbons (Fsp3) is 0.0833. The molecule has 1 aromatic carbocycles. The zero-order valence-electron chi connectivity index (χ0n) is 9.93. The van der Waals surface area contributed by atoms with Crippen molar-refractivity contribution in [1.29, 1.82) is 0 Å². The molecule has 3 aromatic rings. The molecule has 0 aliphatic heterocycles. The summed E-state index contributed by atoms with van der Waals surface area (Å²) in [7, 11) is 0. The van der Waals surface area contributed by atoms with E-state index in [0.717, 1.165) is 15.8 Å². The first-order valence-corrected chi connectivity index (χ1v) is 7.40. The van der Waals surface area contributed by atoms with E-state index >= 15 is 0 Å². The first-order chi connectivity index (χ1) is 9.31. The molecule has 2 heterocycles. The van der Waals surface area contributed by atoms with Crippen LogP contribution >= 0.6 is 23.1 Å². The molecular weight excluding hydrogens is 278 g/mol. The third-order valence-electron chi connectivity index (χ3n) is 2.52. The second-order valence-electron chi connectivity index (χ2n) is 3.83. The summed E-state index contributed by atoms with van der Waals surface area (Å²) in [6.07, 6.45) is 5.48. The Kier molecular flexibility index (Phi) is 3.47.